The van der Waals surface area contributed by atoms with E-state index < -0.39 is 0 Å². The van der Waals surface area contributed by atoms with Crippen LogP contribution in [0.5, 0.6) is 0 Å². The molecule has 1 aromatic carbocycles. The van der Waals surface area contributed by atoms with Gasteiger partial charge < -0.3 is 10.7 Å². The van der Waals surface area contributed by atoms with Gasteiger partial charge in [0, 0.05) is 22.5 Å². The second-order valence-corrected chi connectivity index (χ2v) is 4.59. The number of fused-ring (bicyclic) bond motifs is 1. The Hall–Kier alpha value is -2.14. The molecular formula is C12H9N3OS. The molecule has 5 heteroatoms. The first-order valence-corrected chi connectivity index (χ1v) is 5.95. The molecule has 0 aliphatic heterocycles. The normalized spacial score (nSPS) is 10.8. The van der Waals surface area contributed by atoms with E-state index in [4.69, 9.17) is 5.73 Å². The Morgan fingerprint density at radius 3 is 2.88 bits per heavy atom. The van der Waals surface area contributed by atoms with Gasteiger partial charge in [-0.2, -0.15) is 0 Å². The Labute approximate surface area is 101 Å². The molecule has 0 saturated carbocycles. The summed E-state index contributed by atoms with van der Waals surface area (Å²) in [4.78, 5) is 18.2. The van der Waals surface area contributed by atoms with Gasteiger partial charge in [-0.25, -0.2) is 4.98 Å². The van der Waals surface area contributed by atoms with Crippen molar-refractivity contribution in [1.29, 1.82) is 0 Å². The molecule has 0 bridgehead atoms. The van der Waals surface area contributed by atoms with Gasteiger partial charge in [0.15, 0.2) is 5.13 Å². The van der Waals surface area contributed by atoms with Gasteiger partial charge >= 0.3 is 0 Å². The number of benzene rings is 1. The number of nitrogens with one attached hydrogen (secondary N) is 1. The van der Waals surface area contributed by atoms with Crippen LogP contribution in [0.4, 0.5) is 5.13 Å². The summed E-state index contributed by atoms with van der Waals surface area (Å²) in [7, 11) is 0. The lowest BCUT2D eigenvalue weighted by molar-refractivity contribution is 1.31. The lowest BCUT2D eigenvalue weighted by Gasteiger charge is -2.00. The molecule has 0 amide bonds. The zero-order valence-electron chi connectivity index (χ0n) is 8.81. The summed E-state index contributed by atoms with van der Waals surface area (Å²) in [5, 5.41) is 3.46. The highest BCUT2D eigenvalue weighted by molar-refractivity contribution is 7.13. The van der Waals surface area contributed by atoms with Gasteiger partial charge in [0.25, 0.3) is 0 Å². The Morgan fingerprint density at radius 1 is 1.24 bits per heavy atom. The Morgan fingerprint density at radius 2 is 2.12 bits per heavy atom. The number of rotatable bonds is 1. The standard InChI is InChI=1S/C12H9N3OS/c13-12-15-10(6-17-12)8-1-3-9-7(5-8)2-4-11(16)14-9/h1-6H,(H2,13,15)(H,14,16). The molecule has 3 aromatic rings. The van der Waals surface area contributed by atoms with Gasteiger partial charge in [0.2, 0.25) is 5.56 Å². The van der Waals surface area contributed by atoms with E-state index in [0.29, 0.717) is 5.13 Å². The molecule has 3 N–H and O–H groups in total. The van der Waals surface area contributed by atoms with Crippen molar-refractivity contribution in [3.63, 3.8) is 0 Å². The third kappa shape index (κ3) is 1.81. The maximum atomic E-state index is 11.2. The minimum Gasteiger partial charge on any atom is -0.375 e. The predicted molar refractivity (Wildman–Crippen MR) is 70.1 cm³/mol. The number of H-pyrrole nitrogens is 1. The minimum absolute atomic E-state index is 0.0943. The van der Waals surface area contributed by atoms with Gasteiger partial charge in [-0.15, -0.1) is 11.3 Å². The molecule has 0 radical (unpaired) electrons. The Balaban J connectivity index is 2.20. The highest BCUT2D eigenvalue weighted by Gasteiger charge is 2.03. The van der Waals surface area contributed by atoms with Gasteiger partial charge in [0.1, 0.15) is 0 Å². The van der Waals surface area contributed by atoms with Gasteiger partial charge in [-0.1, -0.05) is 6.07 Å². The molecule has 0 aliphatic rings. The summed E-state index contributed by atoms with van der Waals surface area (Å²) in [5.74, 6) is 0. The predicted octanol–water partition coefficient (Wildman–Crippen LogP) is 2.23. The van der Waals surface area contributed by atoms with Crippen LogP contribution >= 0.6 is 11.3 Å². The third-order valence-corrected chi connectivity index (χ3v) is 3.22. The van der Waals surface area contributed by atoms with Crippen LogP contribution in [0.1, 0.15) is 0 Å². The number of nitrogens with two attached hydrogens (primary N) is 1. The third-order valence-electron chi connectivity index (χ3n) is 2.54. The van der Waals surface area contributed by atoms with Gasteiger partial charge in [0.05, 0.1) is 5.69 Å². The molecule has 3 rings (SSSR count). The van der Waals surface area contributed by atoms with Crippen LogP contribution in [0.3, 0.4) is 0 Å². The van der Waals surface area contributed by atoms with E-state index in [1.807, 2.05) is 23.6 Å². The largest absolute Gasteiger partial charge is 0.375 e. The molecule has 4 nitrogen and oxygen atoms in total. The van der Waals surface area contributed by atoms with Crippen LogP contribution in [0.2, 0.25) is 0 Å². The summed E-state index contributed by atoms with van der Waals surface area (Å²) >= 11 is 1.42. The number of aromatic amines is 1. The van der Waals surface area contributed by atoms with Crippen molar-refractivity contribution in [3.8, 4) is 11.3 Å². The molecule has 0 spiro atoms. The highest BCUT2D eigenvalue weighted by Crippen LogP contribution is 2.25. The molecule has 0 fully saturated rings. The molecule has 0 atom stereocenters. The fourth-order valence-corrected chi connectivity index (χ4v) is 2.31. The molecule has 2 aromatic heterocycles. The summed E-state index contributed by atoms with van der Waals surface area (Å²) in [6.45, 7) is 0. The van der Waals surface area contributed by atoms with Crippen LogP contribution in [0.15, 0.2) is 40.5 Å². The van der Waals surface area contributed by atoms with Gasteiger partial charge in [-0.3, -0.25) is 4.79 Å². The van der Waals surface area contributed by atoms with Crippen LogP contribution in [-0.4, -0.2) is 9.97 Å². The average molecular weight is 243 g/mol. The molecule has 0 saturated heterocycles. The minimum atomic E-state index is -0.0943. The Bertz CT molecular complexity index is 745. The van der Waals surface area contributed by atoms with E-state index in [9.17, 15) is 4.79 Å². The lowest BCUT2D eigenvalue weighted by Crippen LogP contribution is -2.01. The molecule has 2 heterocycles. The molecule has 17 heavy (non-hydrogen) atoms. The number of nitrogens with zero attached hydrogens (tertiary/aromatic N) is 1. The van der Waals surface area contributed by atoms with E-state index in [0.717, 1.165) is 22.2 Å². The maximum Gasteiger partial charge on any atom is 0.248 e. The number of aromatic nitrogens is 2. The maximum absolute atomic E-state index is 11.2. The van der Waals surface area contributed by atoms with E-state index in [2.05, 4.69) is 9.97 Å². The summed E-state index contributed by atoms with van der Waals surface area (Å²) < 4.78 is 0. The number of nitrogen functional groups attached to an aromatic ring is 1. The number of hydrogen-bond donors (Lipinski definition) is 2. The monoisotopic (exact) mass is 243 g/mol. The van der Waals surface area contributed by atoms with Crippen LogP contribution in [0, 0.1) is 0 Å². The lowest BCUT2D eigenvalue weighted by atomic mass is 10.1. The van der Waals surface area contributed by atoms with Crippen molar-refractivity contribution >= 4 is 27.4 Å². The molecule has 0 unspecified atom stereocenters. The summed E-state index contributed by atoms with van der Waals surface area (Å²) in [5.41, 5.74) is 8.20. The smallest absolute Gasteiger partial charge is 0.248 e. The molecular weight excluding hydrogens is 234 g/mol. The average Bonchev–Trinajstić information content (AvgIpc) is 2.75. The first-order chi connectivity index (χ1) is 8.22. The second-order valence-electron chi connectivity index (χ2n) is 3.70. The summed E-state index contributed by atoms with van der Waals surface area (Å²) in [6, 6.07) is 9.10. The fraction of sp³-hybridized carbons (Fsp3) is 0. The number of pyridine rings is 1. The van der Waals surface area contributed by atoms with Crippen molar-refractivity contribution < 1.29 is 0 Å². The molecule has 84 valence electrons. The van der Waals surface area contributed by atoms with Crippen molar-refractivity contribution in [3.05, 3.63) is 46.1 Å². The topological polar surface area (TPSA) is 71.8 Å². The van der Waals surface area contributed by atoms with E-state index in [-0.39, 0.29) is 5.56 Å². The number of anilines is 1. The van der Waals surface area contributed by atoms with Crippen LogP contribution < -0.4 is 11.3 Å². The SMILES string of the molecule is Nc1nc(-c2ccc3[nH]c(=O)ccc3c2)cs1. The van der Waals surface area contributed by atoms with E-state index in [1.54, 1.807) is 6.07 Å². The van der Waals surface area contributed by atoms with Gasteiger partial charge in [-0.05, 0) is 23.6 Å². The van der Waals surface area contributed by atoms with Crippen molar-refractivity contribution in [2.45, 2.75) is 0 Å². The summed E-state index contributed by atoms with van der Waals surface area (Å²) in [6.07, 6.45) is 0. The van der Waals surface area contributed by atoms with Crippen LogP contribution in [-0.2, 0) is 0 Å². The quantitative estimate of drug-likeness (QED) is 0.688. The number of thiazole rings is 1. The second kappa shape index (κ2) is 3.71. The Kier molecular flexibility index (Phi) is 2.19. The van der Waals surface area contributed by atoms with E-state index in [1.165, 1.54) is 17.4 Å². The van der Waals surface area contributed by atoms with Crippen molar-refractivity contribution in [2.75, 3.05) is 5.73 Å². The highest BCUT2D eigenvalue weighted by atomic mass is 32.1. The zero-order chi connectivity index (χ0) is 11.8. The van der Waals surface area contributed by atoms with Crippen molar-refractivity contribution in [2.24, 2.45) is 0 Å². The van der Waals surface area contributed by atoms with E-state index >= 15 is 0 Å². The van der Waals surface area contributed by atoms with Crippen molar-refractivity contribution in [1.82, 2.24) is 9.97 Å². The number of hydrogen-bond acceptors (Lipinski definition) is 4. The zero-order valence-corrected chi connectivity index (χ0v) is 9.62. The first-order valence-electron chi connectivity index (χ1n) is 5.07. The first kappa shape index (κ1) is 10.0. The van der Waals surface area contributed by atoms with Crippen LogP contribution in [0.25, 0.3) is 22.2 Å². The fourth-order valence-electron chi connectivity index (χ4n) is 1.73. The molecule has 0 aliphatic carbocycles.